The summed E-state index contributed by atoms with van der Waals surface area (Å²) >= 11 is 0. The number of carbonyl (C=O) groups is 1. The molecule has 1 rings (SSSR count). The first-order chi connectivity index (χ1) is 8.43. The zero-order valence-corrected chi connectivity index (χ0v) is 10.9. The number of nitrogens with one attached hydrogen (secondary N) is 1. The topological polar surface area (TPSA) is 90.4 Å². The van der Waals surface area contributed by atoms with Crippen molar-refractivity contribution in [2.24, 2.45) is 5.73 Å². The fourth-order valence-electron chi connectivity index (χ4n) is 1.62. The number of carbonyl (C=O) groups excluding carboxylic acids is 1. The quantitative estimate of drug-likeness (QED) is 0.687. The van der Waals surface area contributed by atoms with Gasteiger partial charge >= 0.3 is 6.09 Å². The predicted octanol–water partition coefficient (Wildman–Crippen LogP) is 1.27. The maximum absolute atomic E-state index is 11.5. The molecule has 0 spiro atoms. The minimum absolute atomic E-state index is 0.396. The number of nitrogens with two attached hydrogens (primary N) is 2. The van der Waals surface area contributed by atoms with Crippen LogP contribution >= 0.6 is 0 Å². The van der Waals surface area contributed by atoms with Crippen molar-refractivity contribution < 1.29 is 9.53 Å². The Labute approximate surface area is 107 Å². The molecule has 1 amide bonds. The standard InChI is InChI=1S/C13H21N3O2/c1-13(2,18-12(17)16-8-7-14)9-10-3-5-11(15)6-4-10/h3-6H,7-9,14-15H2,1-2H3,(H,16,17). The van der Waals surface area contributed by atoms with Crippen molar-refractivity contribution >= 4 is 11.8 Å². The minimum atomic E-state index is -0.575. The summed E-state index contributed by atoms with van der Waals surface area (Å²) in [5.74, 6) is 0. The number of benzene rings is 1. The second-order valence-corrected chi connectivity index (χ2v) is 4.78. The van der Waals surface area contributed by atoms with E-state index in [-0.39, 0.29) is 0 Å². The van der Waals surface area contributed by atoms with Gasteiger partial charge in [0, 0.05) is 25.2 Å². The predicted molar refractivity (Wildman–Crippen MR) is 72.2 cm³/mol. The fourth-order valence-corrected chi connectivity index (χ4v) is 1.62. The van der Waals surface area contributed by atoms with Gasteiger partial charge in [0.25, 0.3) is 0 Å². The van der Waals surface area contributed by atoms with E-state index in [1.54, 1.807) is 0 Å². The van der Waals surface area contributed by atoms with Gasteiger partial charge in [-0.2, -0.15) is 0 Å². The van der Waals surface area contributed by atoms with Crippen LogP contribution in [0.3, 0.4) is 0 Å². The molecule has 0 aromatic heterocycles. The van der Waals surface area contributed by atoms with Crippen LogP contribution in [0.5, 0.6) is 0 Å². The van der Waals surface area contributed by atoms with Gasteiger partial charge in [-0.05, 0) is 31.5 Å². The van der Waals surface area contributed by atoms with E-state index >= 15 is 0 Å². The third-order valence-electron chi connectivity index (χ3n) is 2.39. The van der Waals surface area contributed by atoms with E-state index in [4.69, 9.17) is 16.2 Å². The highest BCUT2D eigenvalue weighted by atomic mass is 16.6. The molecule has 0 saturated heterocycles. The number of nitrogen functional groups attached to an aromatic ring is 1. The summed E-state index contributed by atoms with van der Waals surface area (Å²) in [4.78, 5) is 11.5. The Morgan fingerprint density at radius 2 is 1.94 bits per heavy atom. The van der Waals surface area contributed by atoms with Gasteiger partial charge < -0.3 is 21.5 Å². The lowest BCUT2D eigenvalue weighted by Crippen LogP contribution is -2.38. The van der Waals surface area contributed by atoms with E-state index in [0.717, 1.165) is 11.3 Å². The van der Waals surface area contributed by atoms with Crippen molar-refractivity contribution in [1.82, 2.24) is 5.32 Å². The molecule has 0 aliphatic rings. The Morgan fingerprint density at radius 3 is 2.50 bits per heavy atom. The van der Waals surface area contributed by atoms with Gasteiger partial charge in [0.05, 0.1) is 0 Å². The largest absolute Gasteiger partial charge is 0.443 e. The van der Waals surface area contributed by atoms with Crippen LogP contribution in [0.2, 0.25) is 0 Å². The third kappa shape index (κ3) is 5.05. The lowest BCUT2D eigenvalue weighted by molar-refractivity contribution is 0.0395. The average Bonchev–Trinajstić information content (AvgIpc) is 2.28. The normalized spacial score (nSPS) is 11.1. The van der Waals surface area contributed by atoms with Crippen molar-refractivity contribution in [3.05, 3.63) is 29.8 Å². The summed E-state index contributed by atoms with van der Waals surface area (Å²) < 4.78 is 5.34. The summed E-state index contributed by atoms with van der Waals surface area (Å²) in [6.07, 6.45) is 0.185. The Morgan fingerprint density at radius 1 is 1.33 bits per heavy atom. The SMILES string of the molecule is CC(C)(Cc1ccc(N)cc1)OC(=O)NCCN. The number of rotatable bonds is 5. The number of hydrogen-bond acceptors (Lipinski definition) is 4. The minimum Gasteiger partial charge on any atom is -0.443 e. The number of anilines is 1. The summed E-state index contributed by atoms with van der Waals surface area (Å²) in [5.41, 5.74) is 12.1. The average molecular weight is 251 g/mol. The smallest absolute Gasteiger partial charge is 0.407 e. The maximum atomic E-state index is 11.5. The van der Waals surface area contributed by atoms with Crippen LogP contribution in [0.4, 0.5) is 10.5 Å². The lowest BCUT2D eigenvalue weighted by Gasteiger charge is -2.25. The van der Waals surface area contributed by atoms with E-state index in [1.807, 2.05) is 38.1 Å². The van der Waals surface area contributed by atoms with Gasteiger partial charge in [0.15, 0.2) is 0 Å². The fraction of sp³-hybridized carbons (Fsp3) is 0.462. The lowest BCUT2D eigenvalue weighted by atomic mass is 9.98. The summed E-state index contributed by atoms with van der Waals surface area (Å²) in [6, 6.07) is 7.52. The van der Waals surface area contributed by atoms with Gasteiger partial charge in [-0.1, -0.05) is 12.1 Å². The molecule has 0 unspecified atom stereocenters. The Bertz CT molecular complexity index is 388. The summed E-state index contributed by atoms with van der Waals surface area (Å²) in [7, 11) is 0. The molecule has 0 saturated carbocycles. The summed E-state index contributed by atoms with van der Waals surface area (Å²) in [6.45, 7) is 4.54. The first kappa shape index (κ1) is 14.3. The molecule has 0 aliphatic heterocycles. The number of ether oxygens (including phenoxy) is 1. The molecule has 0 radical (unpaired) electrons. The first-order valence-electron chi connectivity index (χ1n) is 5.94. The molecule has 0 fully saturated rings. The molecule has 5 N–H and O–H groups in total. The molecular weight excluding hydrogens is 230 g/mol. The maximum Gasteiger partial charge on any atom is 0.407 e. The van der Waals surface area contributed by atoms with Crippen molar-refractivity contribution in [1.29, 1.82) is 0 Å². The van der Waals surface area contributed by atoms with Crippen LogP contribution in [0.15, 0.2) is 24.3 Å². The van der Waals surface area contributed by atoms with Gasteiger partial charge in [0.2, 0.25) is 0 Å². The van der Waals surface area contributed by atoms with Crippen LogP contribution in [0.1, 0.15) is 19.4 Å². The van der Waals surface area contributed by atoms with Crippen LogP contribution in [-0.4, -0.2) is 24.8 Å². The van der Waals surface area contributed by atoms with Crippen LogP contribution < -0.4 is 16.8 Å². The van der Waals surface area contributed by atoms with Gasteiger partial charge in [-0.15, -0.1) is 0 Å². The van der Waals surface area contributed by atoms with Crippen LogP contribution in [-0.2, 0) is 11.2 Å². The van der Waals surface area contributed by atoms with Crippen molar-refractivity contribution in [3.8, 4) is 0 Å². The first-order valence-corrected chi connectivity index (χ1v) is 5.94. The van der Waals surface area contributed by atoms with Gasteiger partial charge in [-0.3, -0.25) is 0 Å². The Hall–Kier alpha value is -1.75. The van der Waals surface area contributed by atoms with Crippen LogP contribution in [0, 0.1) is 0 Å². The Balaban J connectivity index is 2.53. The van der Waals surface area contributed by atoms with Gasteiger partial charge in [-0.25, -0.2) is 4.79 Å². The Kier molecular flexibility index (Phi) is 4.97. The van der Waals surface area contributed by atoms with E-state index in [1.165, 1.54) is 0 Å². The van der Waals surface area contributed by atoms with Crippen molar-refractivity contribution in [2.75, 3.05) is 18.8 Å². The van der Waals surface area contributed by atoms with E-state index in [2.05, 4.69) is 5.32 Å². The molecule has 1 aromatic carbocycles. The highest BCUT2D eigenvalue weighted by molar-refractivity contribution is 5.67. The highest BCUT2D eigenvalue weighted by Gasteiger charge is 2.23. The highest BCUT2D eigenvalue weighted by Crippen LogP contribution is 2.18. The van der Waals surface area contributed by atoms with E-state index in [9.17, 15) is 4.79 Å². The van der Waals surface area contributed by atoms with Crippen molar-refractivity contribution in [2.45, 2.75) is 25.9 Å². The van der Waals surface area contributed by atoms with Gasteiger partial charge in [0.1, 0.15) is 5.60 Å². The molecule has 0 atom stereocenters. The molecule has 18 heavy (non-hydrogen) atoms. The number of alkyl carbamates (subject to hydrolysis) is 1. The van der Waals surface area contributed by atoms with E-state index in [0.29, 0.717) is 19.5 Å². The second kappa shape index (κ2) is 6.26. The molecule has 0 aliphatic carbocycles. The molecule has 5 nitrogen and oxygen atoms in total. The molecular formula is C13H21N3O2. The molecule has 1 aromatic rings. The zero-order chi connectivity index (χ0) is 13.6. The van der Waals surface area contributed by atoms with Crippen LogP contribution in [0.25, 0.3) is 0 Å². The summed E-state index contributed by atoms with van der Waals surface area (Å²) in [5, 5.41) is 2.58. The van der Waals surface area contributed by atoms with Crippen molar-refractivity contribution in [3.63, 3.8) is 0 Å². The second-order valence-electron chi connectivity index (χ2n) is 4.78. The van der Waals surface area contributed by atoms with E-state index < -0.39 is 11.7 Å². The zero-order valence-electron chi connectivity index (χ0n) is 10.9. The number of amides is 1. The monoisotopic (exact) mass is 251 g/mol. The molecule has 0 bridgehead atoms. The molecule has 100 valence electrons. The third-order valence-corrected chi connectivity index (χ3v) is 2.39. The molecule has 5 heteroatoms. The molecule has 0 heterocycles. The number of hydrogen-bond donors (Lipinski definition) is 3.